The molecule has 0 radical (unpaired) electrons. The normalized spacial score (nSPS) is 12.3. The van der Waals surface area contributed by atoms with Gasteiger partial charge >= 0.3 is 0 Å². The van der Waals surface area contributed by atoms with Crippen molar-refractivity contribution in [1.29, 1.82) is 0 Å². The van der Waals surface area contributed by atoms with E-state index in [2.05, 4.69) is 15.9 Å². The van der Waals surface area contributed by atoms with Crippen molar-refractivity contribution in [2.75, 3.05) is 14.2 Å². The molecule has 6 heteroatoms. The second-order valence-corrected chi connectivity index (χ2v) is 6.67. The quantitative estimate of drug-likeness (QED) is 0.882. The number of rotatable bonds is 4. The van der Waals surface area contributed by atoms with Crippen LogP contribution in [0.4, 0.5) is 0 Å². The van der Waals surface area contributed by atoms with Crippen LogP contribution in [-0.2, 0) is 0 Å². The SMILES string of the molecule is COc1cc(Cl)c(C(O)c2ccc(Br)s2)cc1OC. The van der Waals surface area contributed by atoms with E-state index in [1.54, 1.807) is 26.4 Å². The lowest BCUT2D eigenvalue weighted by Gasteiger charge is -2.15. The van der Waals surface area contributed by atoms with Crippen LogP contribution in [0.2, 0.25) is 5.02 Å². The molecule has 19 heavy (non-hydrogen) atoms. The van der Waals surface area contributed by atoms with E-state index in [4.69, 9.17) is 21.1 Å². The molecule has 1 heterocycles. The van der Waals surface area contributed by atoms with Gasteiger partial charge in [-0.3, -0.25) is 0 Å². The van der Waals surface area contributed by atoms with Crippen LogP contribution in [0.15, 0.2) is 28.1 Å². The summed E-state index contributed by atoms with van der Waals surface area (Å²) in [6.45, 7) is 0. The Labute approximate surface area is 128 Å². The van der Waals surface area contributed by atoms with E-state index in [0.717, 1.165) is 8.66 Å². The standard InChI is InChI=1S/C13H12BrClO3S/c1-17-9-5-7(8(15)6-10(9)18-2)13(16)11-3-4-12(14)19-11/h3-6,13,16H,1-2H3. The second kappa shape index (κ2) is 6.13. The number of aliphatic hydroxyl groups excluding tert-OH is 1. The second-order valence-electron chi connectivity index (χ2n) is 3.77. The maximum absolute atomic E-state index is 10.4. The highest BCUT2D eigenvalue weighted by Crippen LogP contribution is 2.39. The van der Waals surface area contributed by atoms with Gasteiger partial charge in [0.25, 0.3) is 0 Å². The Kier molecular flexibility index (Phi) is 4.73. The number of hydrogen-bond acceptors (Lipinski definition) is 4. The maximum Gasteiger partial charge on any atom is 0.162 e. The molecule has 0 spiro atoms. The average molecular weight is 364 g/mol. The fourth-order valence-electron chi connectivity index (χ4n) is 1.71. The third-order valence-electron chi connectivity index (χ3n) is 2.66. The summed E-state index contributed by atoms with van der Waals surface area (Å²) in [6, 6.07) is 7.07. The van der Waals surface area contributed by atoms with Crippen molar-refractivity contribution in [2.24, 2.45) is 0 Å². The van der Waals surface area contributed by atoms with Crippen LogP contribution in [-0.4, -0.2) is 19.3 Å². The predicted octanol–water partition coefficient (Wildman–Crippen LogP) is 4.26. The smallest absolute Gasteiger partial charge is 0.162 e. The molecule has 0 fully saturated rings. The Hall–Kier alpha value is -0.750. The fourth-order valence-corrected chi connectivity index (χ4v) is 3.39. The number of ether oxygens (including phenoxy) is 2. The molecule has 0 amide bonds. The Bertz CT molecular complexity index is 585. The van der Waals surface area contributed by atoms with Gasteiger partial charge in [-0.1, -0.05) is 11.6 Å². The third kappa shape index (κ3) is 3.05. The van der Waals surface area contributed by atoms with Crippen LogP contribution in [0, 0.1) is 0 Å². The van der Waals surface area contributed by atoms with E-state index in [0.29, 0.717) is 22.1 Å². The summed E-state index contributed by atoms with van der Waals surface area (Å²) < 4.78 is 11.3. The number of aliphatic hydroxyl groups is 1. The first-order chi connectivity index (χ1) is 9.06. The molecule has 3 nitrogen and oxygen atoms in total. The lowest BCUT2D eigenvalue weighted by atomic mass is 10.1. The summed E-state index contributed by atoms with van der Waals surface area (Å²) >= 11 is 11.0. The Balaban J connectivity index is 2.44. The van der Waals surface area contributed by atoms with Gasteiger partial charge in [-0.25, -0.2) is 0 Å². The molecular weight excluding hydrogens is 352 g/mol. The molecule has 0 saturated carbocycles. The van der Waals surface area contributed by atoms with E-state index in [1.807, 2.05) is 12.1 Å². The first-order valence-electron chi connectivity index (χ1n) is 5.41. The van der Waals surface area contributed by atoms with Crippen LogP contribution in [0.3, 0.4) is 0 Å². The largest absolute Gasteiger partial charge is 0.493 e. The number of benzene rings is 1. The van der Waals surface area contributed by atoms with E-state index >= 15 is 0 Å². The summed E-state index contributed by atoms with van der Waals surface area (Å²) in [5.74, 6) is 1.08. The average Bonchev–Trinajstić information content (AvgIpc) is 2.84. The molecule has 1 aromatic heterocycles. The zero-order chi connectivity index (χ0) is 14.0. The molecule has 0 bridgehead atoms. The van der Waals surface area contributed by atoms with Gasteiger partial charge in [0, 0.05) is 16.5 Å². The lowest BCUT2D eigenvalue weighted by Crippen LogP contribution is -2.00. The molecule has 2 aromatic rings. The third-order valence-corrected chi connectivity index (χ3v) is 4.66. The highest BCUT2D eigenvalue weighted by molar-refractivity contribution is 9.11. The van der Waals surface area contributed by atoms with Gasteiger partial charge in [0.05, 0.1) is 23.0 Å². The first kappa shape index (κ1) is 14.7. The lowest BCUT2D eigenvalue weighted by molar-refractivity contribution is 0.223. The van der Waals surface area contributed by atoms with Crippen molar-refractivity contribution >= 4 is 38.9 Å². The molecular formula is C13H12BrClO3S. The van der Waals surface area contributed by atoms with Crippen LogP contribution < -0.4 is 9.47 Å². The zero-order valence-corrected chi connectivity index (χ0v) is 13.5. The topological polar surface area (TPSA) is 38.7 Å². The monoisotopic (exact) mass is 362 g/mol. The van der Waals surface area contributed by atoms with Crippen molar-refractivity contribution < 1.29 is 14.6 Å². The van der Waals surface area contributed by atoms with Crippen molar-refractivity contribution in [1.82, 2.24) is 0 Å². The van der Waals surface area contributed by atoms with Gasteiger partial charge in [0.1, 0.15) is 6.10 Å². The number of hydrogen-bond donors (Lipinski definition) is 1. The molecule has 0 aliphatic carbocycles. The van der Waals surface area contributed by atoms with Crippen LogP contribution in [0.25, 0.3) is 0 Å². The van der Waals surface area contributed by atoms with Gasteiger partial charge in [0.15, 0.2) is 11.5 Å². The van der Waals surface area contributed by atoms with Gasteiger partial charge in [-0.2, -0.15) is 0 Å². The molecule has 1 atom stereocenters. The molecule has 0 aliphatic rings. The minimum absolute atomic E-state index is 0.440. The summed E-state index contributed by atoms with van der Waals surface area (Å²) in [5, 5.41) is 10.8. The summed E-state index contributed by atoms with van der Waals surface area (Å²) in [6.07, 6.45) is -0.788. The van der Waals surface area contributed by atoms with E-state index in [9.17, 15) is 5.11 Å². The van der Waals surface area contributed by atoms with Crippen LogP contribution in [0.5, 0.6) is 11.5 Å². The predicted molar refractivity (Wildman–Crippen MR) is 80.6 cm³/mol. The molecule has 1 unspecified atom stereocenters. The Morgan fingerprint density at radius 1 is 1.21 bits per heavy atom. The van der Waals surface area contributed by atoms with Gasteiger partial charge in [0.2, 0.25) is 0 Å². The van der Waals surface area contributed by atoms with Gasteiger partial charge < -0.3 is 14.6 Å². The number of methoxy groups -OCH3 is 2. The van der Waals surface area contributed by atoms with Crippen molar-refractivity contribution in [2.45, 2.75) is 6.10 Å². The summed E-state index contributed by atoms with van der Waals surface area (Å²) in [4.78, 5) is 0.806. The van der Waals surface area contributed by atoms with Gasteiger partial charge in [-0.05, 0) is 34.1 Å². The van der Waals surface area contributed by atoms with Crippen LogP contribution >= 0.6 is 38.9 Å². The molecule has 0 aliphatic heterocycles. The number of thiophene rings is 1. The minimum atomic E-state index is -0.788. The van der Waals surface area contributed by atoms with E-state index in [1.165, 1.54) is 11.3 Å². The number of halogens is 2. The van der Waals surface area contributed by atoms with E-state index in [-0.39, 0.29) is 0 Å². The Morgan fingerprint density at radius 2 is 1.84 bits per heavy atom. The van der Waals surface area contributed by atoms with Gasteiger partial charge in [-0.15, -0.1) is 11.3 Å². The van der Waals surface area contributed by atoms with Crippen molar-refractivity contribution in [3.63, 3.8) is 0 Å². The van der Waals surface area contributed by atoms with Crippen molar-refractivity contribution in [3.05, 3.63) is 43.5 Å². The fraction of sp³-hybridized carbons (Fsp3) is 0.231. The Morgan fingerprint density at radius 3 is 2.37 bits per heavy atom. The highest BCUT2D eigenvalue weighted by Gasteiger charge is 2.19. The summed E-state index contributed by atoms with van der Waals surface area (Å²) in [7, 11) is 3.09. The molecule has 1 aromatic carbocycles. The zero-order valence-electron chi connectivity index (χ0n) is 10.3. The molecule has 102 valence electrons. The highest BCUT2D eigenvalue weighted by atomic mass is 79.9. The molecule has 2 rings (SSSR count). The first-order valence-corrected chi connectivity index (χ1v) is 7.40. The maximum atomic E-state index is 10.4. The summed E-state index contributed by atoms with van der Waals surface area (Å²) in [5.41, 5.74) is 0.591. The van der Waals surface area contributed by atoms with Crippen molar-refractivity contribution in [3.8, 4) is 11.5 Å². The van der Waals surface area contributed by atoms with Crippen LogP contribution in [0.1, 0.15) is 16.5 Å². The molecule has 1 N–H and O–H groups in total. The molecule has 0 saturated heterocycles. The minimum Gasteiger partial charge on any atom is -0.493 e. The van der Waals surface area contributed by atoms with E-state index < -0.39 is 6.10 Å².